The molecule has 0 aliphatic carbocycles. The molecule has 1 unspecified atom stereocenters. The largest absolute Gasteiger partial charge is 0.480 e. The average molecular weight is 205 g/mol. The fourth-order valence-corrected chi connectivity index (χ4v) is 1.40. The van der Waals surface area contributed by atoms with Crippen LogP contribution in [0.1, 0.15) is 18.0 Å². The molecule has 1 atom stereocenters. The number of hydrogen-bond acceptors (Lipinski definition) is 2. The molecule has 0 saturated heterocycles. The third-order valence-corrected chi connectivity index (χ3v) is 2.10. The van der Waals surface area contributed by atoms with Crippen molar-refractivity contribution in [2.45, 2.75) is 12.5 Å². The second kappa shape index (κ2) is 5.98. The highest BCUT2D eigenvalue weighted by atomic mass is 16.4. The Morgan fingerprint density at radius 3 is 2.67 bits per heavy atom. The summed E-state index contributed by atoms with van der Waals surface area (Å²) in [6.07, 6.45) is 2.50. The topological polar surface area (TPSA) is 49.3 Å². The summed E-state index contributed by atoms with van der Waals surface area (Å²) in [6, 6.07) is 9.79. The third kappa shape index (κ3) is 3.95. The second-order valence-corrected chi connectivity index (χ2v) is 3.26. The van der Waals surface area contributed by atoms with Crippen molar-refractivity contribution >= 4 is 5.97 Å². The summed E-state index contributed by atoms with van der Waals surface area (Å²) in [5.74, 6) is -0.847. The van der Waals surface area contributed by atoms with Crippen molar-refractivity contribution in [2.24, 2.45) is 0 Å². The van der Waals surface area contributed by atoms with Crippen molar-refractivity contribution in [1.29, 1.82) is 0 Å². The Labute approximate surface area is 89.4 Å². The zero-order valence-corrected chi connectivity index (χ0v) is 8.52. The predicted molar refractivity (Wildman–Crippen MR) is 59.6 cm³/mol. The molecule has 1 rings (SSSR count). The normalized spacial score (nSPS) is 12.0. The molecule has 0 bridgehead atoms. The fraction of sp³-hybridized carbons (Fsp3) is 0.250. The smallest absolute Gasteiger partial charge is 0.317 e. The number of rotatable bonds is 6. The Hall–Kier alpha value is -1.61. The molecule has 80 valence electrons. The Morgan fingerprint density at radius 1 is 1.47 bits per heavy atom. The van der Waals surface area contributed by atoms with Crippen LogP contribution in [0.5, 0.6) is 0 Å². The lowest BCUT2D eigenvalue weighted by atomic mass is 10.0. The van der Waals surface area contributed by atoms with Crippen LogP contribution in [-0.4, -0.2) is 17.6 Å². The van der Waals surface area contributed by atoms with Gasteiger partial charge >= 0.3 is 5.97 Å². The average Bonchev–Trinajstić information content (AvgIpc) is 2.25. The van der Waals surface area contributed by atoms with Crippen LogP contribution in [0.3, 0.4) is 0 Å². The van der Waals surface area contributed by atoms with Gasteiger partial charge in [0.15, 0.2) is 0 Å². The summed E-state index contributed by atoms with van der Waals surface area (Å²) in [6.45, 7) is 3.63. The maximum Gasteiger partial charge on any atom is 0.317 e. The van der Waals surface area contributed by atoms with E-state index in [4.69, 9.17) is 5.11 Å². The van der Waals surface area contributed by atoms with Crippen LogP contribution >= 0.6 is 0 Å². The van der Waals surface area contributed by atoms with Crippen molar-refractivity contribution in [3.63, 3.8) is 0 Å². The van der Waals surface area contributed by atoms with Crippen LogP contribution in [0.4, 0.5) is 0 Å². The van der Waals surface area contributed by atoms with Gasteiger partial charge < -0.3 is 5.11 Å². The highest BCUT2D eigenvalue weighted by molar-refractivity contribution is 5.69. The van der Waals surface area contributed by atoms with E-state index in [0.29, 0.717) is 0 Å². The van der Waals surface area contributed by atoms with E-state index in [2.05, 4.69) is 11.9 Å². The molecular weight excluding hydrogens is 190 g/mol. The van der Waals surface area contributed by atoms with Crippen molar-refractivity contribution in [1.82, 2.24) is 5.32 Å². The van der Waals surface area contributed by atoms with Gasteiger partial charge in [-0.25, -0.2) is 0 Å². The van der Waals surface area contributed by atoms with Crippen molar-refractivity contribution < 1.29 is 9.90 Å². The predicted octanol–water partition coefficient (Wildman–Crippen LogP) is 1.98. The third-order valence-electron chi connectivity index (χ3n) is 2.10. The fourth-order valence-electron chi connectivity index (χ4n) is 1.40. The highest BCUT2D eigenvalue weighted by Crippen LogP contribution is 2.16. The molecule has 0 aliphatic rings. The lowest BCUT2D eigenvalue weighted by molar-refractivity contribution is -0.136. The van der Waals surface area contributed by atoms with Gasteiger partial charge in [0.2, 0.25) is 0 Å². The summed E-state index contributed by atoms with van der Waals surface area (Å²) >= 11 is 0. The number of aliphatic carboxylic acids is 1. The Bertz CT molecular complexity index is 322. The lowest BCUT2D eigenvalue weighted by Gasteiger charge is -2.16. The van der Waals surface area contributed by atoms with Gasteiger partial charge in [0, 0.05) is 6.04 Å². The monoisotopic (exact) mass is 205 g/mol. The van der Waals surface area contributed by atoms with Crippen LogP contribution < -0.4 is 5.32 Å². The van der Waals surface area contributed by atoms with Crippen LogP contribution in [0, 0.1) is 0 Å². The maximum absolute atomic E-state index is 10.5. The van der Waals surface area contributed by atoms with E-state index in [1.807, 2.05) is 30.3 Å². The van der Waals surface area contributed by atoms with E-state index in [1.165, 1.54) is 0 Å². The molecule has 0 fully saturated rings. The van der Waals surface area contributed by atoms with Crippen molar-refractivity contribution in [3.05, 3.63) is 48.6 Å². The Kier molecular flexibility index (Phi) is 4.57. The summed E-state index contributed by atoms with van der Waals surface area (Å²) < 4.78 is 0. The number of hydrogen-bond donors (Lipinski definition) is 2. The molecule has 15 heavy (non-hydrogen) atoms. The quantitative estimate of drug-likeness (QED) is 0.698. The van der Waals surface area contributed by atoms with Gasteiger partial charge in [-0.05, 0) is 12.0 Å². The molecule has 3 heteroatoms. The molecule has 0 aromatic heterocycles. The van der Waals surface area contributed by atoms with Gasteiger partial charge in [0.05, 0.1) is 6.54 Å². The van der Waals surface area contributed by atoms with Gasteiger partial charge in [0.25, 0.3) is 0 Å². The minimum absolute atomic E-state index is 0.0276. The maximum atomic E-state index is 10.5. The zero-order valence-electron chi connectivity index (χ0n) is 8.52. The summed E-state index contributed by atoms with van der Waals surface area (Å²) in [4.78, 5) is 10.5. The minimum Gasteiger partial charge on any atom is -0.480 e. The number of carboxylic acids is 1. The van der Waals surface area contributed by atoms with E-state index in [9.17, 15) is 4.79 Å². The Morgan fingerprint density at radius 2 is 2.13 bits per heavy atom. The Balaban J connectivity index is 2.65. The molecule has 0 heterocycles. The number of benzene rings is 1. The van der Waals surface area contributed by atoms with Crippen molar-refractivity contribution in [2.75, 3.05) is 6.54 Å². The lowest BCUT2D eigenvalue weighted by Crippen LogP contribution is -2.27. The van der Waals surface area contributed by atoms with Gasteiger partial charge in [-0.15, -0.1) is 6.58 Å². The van der Waals surface area contributed by atoms with E-state index in [-0.39, 0.29) is 12.6 Å². The van der Waals surface area contributed by atoms with Crippen LogP contribution in [0.15, 0.2) is 43.0 Å². The molecule has 3 nitrogen and oxygen atoms in total. The van der Waals surface area contributed by atoms with E-state index in [0.717, 1.165) is 12.0 Å². The molecule has 2 N–H and O–H groups in total. The summed E-state index contributed by atoms with van der Waals surface area (Å²) in [7, 11) is 0. The van der Waals surface area contributed by atoms with Gasteiger partial charge in [-0.2, -0.15) is 0 Å². The minimum atomic E-state index is -0.847. The number of carboxylic acid groups (broad SMARTS) is 1. The van der Waals surface area contributed by atoms with Crippen LogP contribution in [0.2, 0.25) is 0 Å². The van der Waals surface area contributed by atoms with Gasteiger partial charge in [0.1, 0.15) is 0 Å². The highest BCUT2D eigenvalue weighted by Gasteiger charge is 2.09. The number of nitrogens with one attached hydrogen (secondary N) is 1. The molecule has 1 aromatic rings. The first-order chi connectivity index (χ1) is 7.24. The molecule has 0 saturated carbocycles. The SMILES string of the molecule is C=CCC(NCC(=O)O)c1ccccc1. The molecule has 1 aromatic carbocycles. The molecule has 0 amide bonds. The van der Waals surface area contributed by atoms with Gasteiger partial charge in [-0.3, -0.25) is 10.1 Å². The molecule has 0 radical (unpaired) electrons. The number of carbonyl (C=O) groups is 1. The summed E-state index contributed by atoms with van der Waals surface area (Å²) in [5.41, 5.74) is 1.08. The first-order valence-corrected chi connectivity index (χ1v) is 4.85. The van der Waals surface area contributed by atoms with Crippen molar-refractivity contribution in [3.8, 4) is 0 Å². The van der Waals surface area contributed by atoms with E-state index >= 15 is 0 Å². The molecular formula is C12H15NO2. The van der Waals surface area contributed by atoms with E-state index < -0.39 is 5.97 Å². The van der Waals surface area contributed by atoms with Gasteiger partial charge in [-0.1, -0.05) is 36.4 Å². The molecule has 0 aliphatic heterocycles. The van der Waals surface area contributed by atoms with Crippen LogP contribution in [-0.2, 0) is 4.79 Å². The zero-order chi connectivity index (χ0) is 11.1. The van der Waals surface area contributed by atoms with Crippen LogP contribution in [0.25, 0.3) is 0 Å². The first kappa shape index (κ1) is 11.5. The second-order valence-electron chi connectivity index (χ2n) is 3.26. The first-order valence-electron chi connectivity index (χ1n) is 4.85. The summed E-state index contributed by atoms with van der Waals surface area (Å²) in [5, 5.41) is 11.6. The molecule has 0 spiro atoms. The van der Waals surface area contributed by atoms with E-state index in [1.54, 1.807) is 6.08 Å². The standard InChI is InChI=1S/C12H15NO2/c1-2-6-11(13-9-12(14)15)10-7-4-3-5-8-10/h2-5,7-8,11,13H,1,6,9H2,(H,14,15).